The van der Waals surface area contributed by atoms with Crippen LogP contribution in [0.5, 0.6) is 0 Å². The number of carbonyl (C=O) groups excluding carboxylic acids is 1. The summed E-state index contributed by atoms with van der Waals surface area (Å²) in [6, 6.07) is 11.4. The van der Waals surface area contributed by atoms with Gasteiger partial charge in [0.25, 0.3) is 5.91 Å². The number of aliphatic hydroxyl groups excluding tert-OH is 1. The van der Waals surface area contributed by atoms with Gasteiger partial charge in [0, 0.05) is 19.3 Å². The summed E-state index contributed by atoms with van der Waals surface area (Å²) in [5, 5.41) is 14.2. The minimum absolute atomic E-state index is 0.0399. The van der Waals surface area contributed by atoms with Crippen LogP contribution in [0.3, 0.4) is 0 Å². The van der Waals surface area contributed by atoms with Crippen molar-refractivity contribution in [3.05, 3.63) is 47.8 Å². The summed E-state index contributed by atoms with van der Waals surface area (Å²) in [6.07, 6.45) is 0.608. The first-order valence-electron chi connectivity index (χ1n) is 8.65. The summed E-state index contributed by atoms with van der Waals surface area (Å²) in [5.74, 6) is 0.0726. The molecule has 1 saturated heterocycles. The molecule has 0 spiro atoms. The van der Waals surface area contributed by atoms with Gasteiger partial charge in [0.15, 0.2) is 5.69 Å². The van der Waals surface area contributed by atoms with E-state index < -0.39 is 0 Å². The van der Waals surface area contributed by atoms with Crippen molar-refractivity contribution < 1.29 is 14.6 Å². The second-order valence-corrected chi connectivity index (χ2v) is 6.74. The van der Waals surface area contributed by atoms with Gasteiger partial charge in [-0.3, -0.25) is 4.79 Å². The molecule has 25 heavy (non-hydrogen) atoms. The van der Waals surface area contributed by atoms with Crippen molar-refractivity contribution in [1.29, 1.82) is 0 Å². The molecule has 1 aliphatic rings. The molecule has 6 heteroatoms. The van der Waals surface area contributed by atoms with Crippen LogP contribution in [0.2, 0.25) is 0 Å². The Balaban J connectivity index is 1.94. The minimum Gasteiger partial charge on any atom is -0.394 e. The second-order valence-electron chi connectivity index (χ2n) is 6.74. The zero-order chi connectivity index (χ0) is 18.0. The molecule has 0 unspecified atom stereocenters. The third-order valence-corrected chi connectivity index (χ3v) is 4.73. The average molecular weight is 343 g/mol. The van der Waals surface area contributed by atoms with Crippen LogP contribution in [-0.4, -0.2) is 58.1 Å². The van der Waals surface area contributed by atoms with E-state index in [2.05, 4.69) is 18.9 Å². The maximum atomic E-state index is 13.0. The van der Waals surface area contributed by atoms with Gasteiger partial charge < -0.3 is 14.7 Å². The van der Waals surface area contributed by atoms with E-state index in [0.717, 1.165) is 11.4 Å². The number of carbonyl (C=O) groups is 1. The van der Waals surface area contributed by atoms with E-state index in [9.17, 15) is 9.90 Å². The van der Waals surface area contributed by atoms with Crippen LogP contribution in [0.15, 0.2) is 36.4 Å². The van der Waals surface area contributed by atoms with E-state index in [-0.39, 0.29) is 30.6 Å². The highest BCUT2D eigenvalue weighted by Gasteiger charge is 2.36. The predicted octanol–water partition coefficient (Wildman–Crippen LogP) is 2.22. The van der Waals surface area contributed by atoms with Crippen molar-refractivity contribution >= 4 is 5.91 Å². The third-order valence-electron chi connectivity index (χ3n) is 4.73. The smallest absolute Gasteiger partial charge is 0.274 e. The van der Waals surface area contributed by atoms with Crippen LogP contribution >= 0.6 is 0 Å². The summed E-state index contributed by atoms with van der Waals surface area (Å²) >= 11 is 0. The number of nitrogens with zero attached hydrogens (tertiary/aromatic N) is 3. The Kier molecular flexibility index (Phi) is 5.20. The summed E-state index contributed by atoms with van der Waals surface area (Å²) in [4.78, 5) is 14.7. The van der Waals surface area contributed by atoms with Crippen molar-refractivity contribution in [2.45, 2.75) is 38.3 Å². The highest BCUT2D eigenvalue weighted by molar-refractivity contribution is 5.93. The van der Waals surface area contributed by atoms with Crippen LogP contribution in [0.4, 0.5) is 0 Å². The molecule has 6 nitrogen and oxygen atoms in total. The monoisotopic (exact) mass is 343 g/mol. The molecule has 134 valence electrons. The molecule has 2 atom stereocenters. The number of hydrogen-bond acceptors (Lipinski definition) is 4. The van der Waals surface area contributed by atoms with Crippen molar-refractivity contribution in [3.8, 4) is 5.69 Å². The van der Waals surface area contributed by atoms with Crippen LogP contribution in [0, 0.1) is 0 Å². The lowest BCUT2D eigenvalue weighted by Crippen LogP contribution is -2.38. The van der Waals surface area contributed by atoms with Gasteiger partial charge in [-0.1, -0.05) is 32.0 Å². The maximum absolute atomic E-state index is 13.0. The summed E-state index contributed by atoms with van der Waals surface area (Å²) < 4.78 is 7.19. The van der Waals surface area contributed by atoms with Gasteiger partial charge in [-0.05, 0) is 30.5 Å². The fourth-order valence-corrected chi connectivity index (χ4v) is 3.30. The van der Waals surface area contributed by atoms with Gasteiger partial charge in [-0.15, -0.1) is 0 Å². The van der Waals surface area contributed by atoms with Gasteiger partial charge in [-0.2, -0.15) is 5.10 Å². The molecule has 0 radical (unpaired) electrons. The fourth-order valence-electron chi connectivity index (χ4n) is 3.30. The Morgan fingerprint density at radius 1 is 1.36 bits per heavy atom. The molecular weight excluding hydrogens is 318 g/mol. The standard InChI is InChI=1S/C19H25N3O3/c1-13(2)18-10-17(20-22(18)14-7-5-4-6-8-14)19(24)21-11-16(25-3)9-15(21)12-23/h4-8,10,13,15-16,23H,9,11-12H2,1-3H3/t15-,16+/m0/s1. The van der Waals surface area contributed by atoms with Gasteiger partial charge in [-0.25, -0.2) is 4.68 Å². The van der Waals surface area contributed by atoms with Crippen LogP contribution < -0.4 is 0 Å². The number of aromatic nitrogens is 2. The number of methoxy groups -OCH3 is 1. The molecule has 0 saturated carbocycles. The van der Waals surface area contributed by atoms with E-state index in [4.69, 9.17) is 4.74 Å². The lowest BCUT2D eigenvalue weighted by molar-refractivity contribution is 0.0641. The molecule has 1 aromatic heterocycles. The molecule has 2 heterocycles. The van der Waals surface area contributed by atoms with Crippen molar-refractivity contribution in [1.82, 2.24) is 14.7 Å². The Labute approximate surface area is 148 Å². The molecule has 0 bridgehead atoms. The molecule has 1 aliphatic heterocycles. The van der Waals surface area contributed by atoms with Crippen molar-refractivity contribution in [3.63, 3.8) is 0 Å². The highest BCUT2D eigenvalue weighted by atomic mass is 16.5. The zero-order valence-electron chi connectivity index (χ0n) is 14.9. The number of amides is 1. The van der Waals surface area contributed by atoms with E-state index in [1.165, 1.54) is 0 Å². The Bertz CT molecular complexity index is 727. The molecule has 1 amide bonds. The van der Waals surface area contributed by atoms with Gasteiger partial charge in [0.2, 0.25) is 0 Å². The first kappa shape index (κ1) is 17.6. The molecular formula is C19H25N3O3. The van der Waals surface area contributed by atoms with E-state index in [1.807, 2.05) is 41.1 Å². The summed E-state index contributed by atoms with van der Waals surface area (Å²) in [5.41, 5.74) is 2.32. The first-order chi connectivity index (χ1) is 12.0. The summed E-state index contributed by atoms with van der Waals surface area (Å²) in [6.45, 7) is 4.58. The summed E-state index contributed by atoms with van der Waals surface area (Å²) in [7, 11) is 1.63. The lowest BCUT2D eigenvalue weighted by atomic mass is 10.1. The fraction of sp³-hybridized carbons (Fsp3) is 0.474. The second kappa shape index (κ2) is 7.37. The number of aliphatic hydroxyl groups is 1. The Morgan fingerprint density at radius 2 is 2.08 bits per heavy atom. The number of rotatable bonds is 5. The first-order valence-corrected chi connectivity index (χ1v) is 8.65. The van der Waals surface area contributed by atoms with E-state index >= 15 is 0 Å². The quantitative estimate of drug-likeness (QED) is 0.904. The molecule has 0 aliphatic carbocycles. The third kappa shape index (κ3) is 3.45. The van der Waals surface area contributed by atoms with Crippen LogP contribution in [0.1, 0.15) is 42.4 Å². The number of ether oxygens (including phenoxy) is 1. The van der Waals surface area contributed by atoms with Crippen LogP contribution in [0.25, 0.3) is 5.69 Å². The van der Waals surface area contributed by atoms with Gasteiger partial charge >= 0.3 is 0 Å². The normalized spacial score (nSPS) is 20.4. The Hall–Kier alpha value is -2.18. The topological polar surface area (TPSA) is 67.6 Å². The number of para-hydroxylation sites is 1. The van der Waals surface area contributed by atoms with Crippen LogP contribution in [-0.2, 0) is 4.74 Å². The largest absolute Gasteiger partial charge is 0.394 e. The predicted molar refractivity (Wildman–Crippen MR) is 95.0 cm³/mol. The molecule has 2 aromatic rings. The molecule has 1 aromatic carbocycles. The van der Waals surface area contributed by atoms with E-state index in [1.54, 1.807) is 12.0 Å². The van der Waals surface area contributed by atoms with Crippen molar-refractivity contribution in [2.24, 2.45) is 0 Å². The SMILES string of the molecule is CO[C@@H]1C[C@@H](CO)N(C(=O)c2cc(C(C)C)n(-c3ccccc3)n2)C1. The van der Waals surface area contributed by atoms with Gasteiger partial charge in [0.1, 0.15) is 0 Å². The Morgan fingerprint density at radius 3 is 2.68 bits per heavy atom. The number of hydrogen-bond donors (Lipinski definition) is 1. The highest BCUT2D eigenvalue weighted by Crippen LogP contribution is 2.25. The lowest BCUT2D eigenvalue weighted by Gasteiger charge is -2.21. The molecule has 1 N–H and O–H groups in total. The maximum Gasteiger partial charge on any atom is 0.274 e. The zero-order valence-corrected chi connectivity index (χ0v) is 14.9. The van der Waals surface area contributed by atoms with Crippen molar-refractivity contribution in [2.75, 3.05) is 20.3 Å². The van der Waals surface area contributed by atoms with Gasteiger partial charge in [0.05, 0.1) is 24.4 Å². The molecule has 1 fully saturated rings. The number of likely N-dealkylation sites (tertiary alicyclic amines) is 1. The van der Waals surface area contributed by atoms with E-state index in [0.29, 0.717) is 18.7 Å². The number of benzene rings is 1. The molecule has 3 rings (SSSR count). The minimum atomic E-state index is -0.221. The average Bonchev–Trinajstić information content (AvgIpc) is 3.26.